The number of fused-ring (bicyclic) bond motifs is 2. The molecular formula is C18H23N3O4S. The predicted molar refractivity (Wildman–Crippen MR) is 98.6 cm³/mol. The average Bonchev–Trinajstić information content (AvgIpc) is 3.17. The second-order valence-electron chi connectivity index (χ2n) is 7.00. The zero-order valence-electron chi connectivity index (χ0n) is 14.7. The molecule has 140 valence electrons. The third kappa shape index (κ3) is 3.19. The van der Waals surface area contributed by atoms with Gasteiger partial charge < -0.3 is 14.6 Å². The zero-order chi connectivity index (χ0) is 18.3. The van der Waals surface area contributed by atoms with E-state index in [1.165, 1.54) is 0 Å². The van der Waals surface area contributed by atoms with Crippen LogP contribution < -0.4 is 5.32 Å². The van der Waals surface area contributed by atoms with E-state index in [9.17, 15) is 13.2 Å². The Morgan fingerprint density at radius 3 is 2.85 bits per heavy atom. The maximum absolute atomic E-state index is 12.3. The number of benzene rings is 1. The molecule has 2 aromatic rings. The number of rotatable bonds is 3. The highest BCUT2D eigenvalue weighted by Gasteiger charge is 2.47. The van der Waals surface area contributed by atoms with E-state index in [0.29, 0.717) is 26.2 Å². The summed E-state index contributed by atoms with van der Waals surface area (Å²) in [4.78, 5) is 16.2. The molecule has 26 heavy (non-hydrogen) atoms. The molecule has 1 aromatic heterocycles. The summed E-state index contributed by atoms with van der Waals surface area (Å²) in [7, 11) is -3.14. The van der Waals surface area contributed by atoms with Gasteiger partial charge >= 0.3 is 6.03 Å². The minimum absolute atomic E-state index is 0.0477. The number of urea groups is 1. The Morgan fingerprint density at radius 1 is 1.23 bits per heavy atom. The van der Waals surface area contributed by atoms with Gasteiger partial charge in [-0.3, -0.25) is 4.90 Å². The molecule has 0 spiro atoms. The summed E-state index contributed by atoms with van der Waals surface area (Å²) in [5.41, 5.74) is 1.96. The van der Waals surface area contributed by atoms with Gasteiger partial charge in [-0.2, -0.15) is 0 Å². The average molecular weight is 377 g/mol. The van der Waals surface area contributed by atoms with Crippen LogP contribution in [0.5, 0.6) is 0 Å². The Labute approximate surface area is 152 Å². The van der Waals surface area contributed by atoms with Crippen LogP contribution in [0.1, 0.15) is 12.5 Å². The summed E-state index contributed by atoms with van der Waals surface area (Å²) in [6.45, 7) is 4.27. The van der Waals surface area contributed by atoms with Gasteiger partial charge in [-0.15, -0.1) is 0 Å². The number of sulfone groups is 1. The number of carbonyl (C=O) groups is 1. The van der Waals surface area contributed by atoms with Gasteiger partial charge in [0, 0.05) is 37.6 Å². The molecule has 3 heterocycles. The van der Waals surface area contributed by atoms with E-state index in [-0.39, 0.29) is 29.6 Å². The van der Waals surface area contributed by atoms with Gasteiger partial charge in [-0.1, -0.05) is 6.07 Å². The van der Waals surface area contributed by atoms with E-state index in [2.05, 4.69) is 16.3 Å². The van der Waals surface area contributed by atoms with Crippen LogP contribution in [-0.2, 0) is 16.4 Å². The molecule has 7 nitrogen and oxygen atoms in total. The monoisotopic (exact) mass is 377 g/mol. The van der Waals surface area contributed by atoms with Crippen molar-refractivity contribution in [2.75, 3.05) is 31.1 Å². The summed E-state index contributed by atoms with van der Waals surface area (Å²) in [5.74, 6) is 0.160. The largest absolute Gasteiger partial charge is 0.464 e. The zero-order valence-corrected chi connectivity index (χ0v) is 15.5. The highest BCUT2D eigenvalue weighted by molar-refractivity contribution is 7.91. The number of nitrogens with zero attached hydrogens (tertiary/aromatic N) is 2. The fourth-order valence-electron chi connectivity index (χ4n) is 4.08. The Morgan fingerprint density at radius 2 is 2.04 bits per heavy atom. The summed E-state index contributed by atoms with van der Waals surface area (Å²) in [6.07, 6.45) is 1.67. The van der Waals surface area contributed by atoms with Gasteiger partial charge in [0.15, 0.2) is 9.84 Å². The van der Waals surface area contributed by atoms with Crippen molar-refractivity contribution in [3.63, 3.8) is 0 Å². The number of nitrogens with one attached hydrogen (secondary N) is 1. The Bertz CT molecular complexity index is 923. The standard InChI is InChI=1S/C18H23N3O4S/c1-2-19-18(22)21-7-6-20(15-11-26(23,24)12-16(15)21)10-13-3-4-17-14(9-13)5-8-25-17/h3-5,8-9,15-16H,2,6-7,10-12H2,1H3,(H,19,22)/t15-,16+/m1/s1. The van der Waals surface area contributed by atoms with E-state index in [1.807, 2.05) is 25.1 Å². The fourth-order valence-corrected chi connectivity index (χ4v) is 6.09. The highest BCUT2D eigenvalue weighted by Crippen LogP contribution is 2.29. The number of furan rings is 1. The number of amides is 2. The van der Waals surface area contributed by atoms with Crippen LogP contribution in [0.3, 0.4) is 0 Å². The van der Waals surface area contributed by atoms with Gasteiger partial charge in [-0.05, 0) is 30.7 Å². The van der Waals surface area contributed by atoms with Crippen LogP contribution >= 0.6 is 0 Å². The first-order valence-corrected chi connectivity index (χ1v) is 10.7. The molecular weight excluding hydrogens is 354 g/mol. The minimum atomic E-state index is -3.14. The SMILES string of the molecule is CCNC(=O)N1CCN(Cc2ccc3occc3c2)[C@@H]2CS(=O)(=O)C[C@@H]21. The van der Waals surface area contributed by atoms with Gasteiger partial charge in [0.05, 0.1) is 23.8 Å². The van der Waals surface area contributed by atoms with E-state index < -0.39 is 9.84 Å². The first kappa shape index (κ1) is 17.4. The molecule has 1 aromatic carbocycles. The van der Waals surface area contributed by atoms with E-state index in [1.54, 1.807) is 11.2 Å². The first-order chi connectivity index (χ1) is 12.5. The third-order valence-electron chi connectivity index (χ3n) is 5.28. The molecule has 2 saturated heterocycles. The van der Waals surface area contributed by atoms with Gasteiger partial charge in [0.1, 0.15) is 5.58 Å². The quantitative estimate of drug-likeness (QED) is 0.875. The second-order valence-corrected chi connectivity index (χ2v) is 9.16. The maximum Gasteiger partial charge on any atom is 0.317 e. The maximum atomic E-state index is 12.3. The van der Waals surface area contributed by atoms with Crippen molar-refractivity contribution < 1.29 is 17.6 Å². The van der Waals surface area contributed by atoms with Crippen molar-refractivity contribution in [2.24, 2.45) is 0 Å². The molecule has 2 fully saturated rings. The van der Waals surface area contributed by atoms with Crippen LogP contribution in [0.25, 0.3) is 11.0 Å². The predicted octanol–water partition coefficient (Wildman–Crippen LogP) is 1.45. The van der Waals surface area contributed by atoms with Crippen LogP contribution in [0, 0.1) is 0 Å². The number of carbonyl (C=O) groups excluding carboxylic acids is 1. The number of hydrogen-bond donors (Lipinski definition) is 1. The lowest BCUT2D eigenvalue weighted by Gasteiger charge is -2.43. The third-order valence-corrected chi connectivity index (χ3v) is 6.98. The van der Waals surface area contributed by atoms with Crippen LogP contribution in [0.4, 0.5) is 4.79 Å². The van der Waals surface area contributed by atoms with Crippen molar-refractivity contribution in [2.45, 2.75) is 25.6 Å². The second kappa shape index (κ2) is 6.59. The fraction of sp³-hybridized carbons (Fsp3) is 0.500. The summed E-state index contributed by atoms with van der Waals surface area (Å²) >= 11 is 0. The van der Waals surface area contributed by atoms with Gasteiger partial charge in [-0.25, -0.2) is 13.2 Å². The molecule has 8 heteroatoms. The lowest BCUT2D eigenvalue weighted by Crippen LogP contribution is -2.61. The molecule has 2 amide bonds. The van der Waals surface area contributed by atoms with E-state index in [4.69, 9.17) is 4.42 Å². The van der Waals surface area contributed by atoms with Gasteiger partial charge in [0.25, 0.3) is 0 Å². The lowest BCUT2D eigenvalue weighted by molar-refractivity contribution is 0.0608. The van der Waals surface area contributed by atoms with Crippen LogP contribution in [0.2, 0.25) is 0 Å². The Balaban J connectivity index is 1.56. The van der Waals surface area contributed by atoms with Gasteiger partial charge in [0.2, 0.25) is 0 Å². The molecule has 1 N–H and O–H groups in total. The molecule has 0 bridgehead atoms. The van der Waals surface area contributed by atoms with Crippen molar-refractivity contribution in [1.29, 1.82) is 0 Å². The molecule has 0 aliphatic carbocycles. The molecule has 2 aliphatic rings. The first-order valence-electron chi connectivity index (χ1n) is 8.92. The normalized spacial score (nSPS) is 25.3. The summed E-state index contributed by atoms with van der Waals surface area (Å²) < 4.78 is 29.9. The smallest absolute Gasteiger partial charge is 0.317 e. The molecule has 2 atom stereocenters. The summed E-state index contributed by atoms with van der Waals surface area (Å²) in [6, 6.07) is 7.36. The minimum Gasteiger partial charge on any atom is -0.464 e. The Hall–Kier alpha value is -2.06. The Kier molecular flexibility index (Phi) is 4.40. The van der Waals surface area contributed by atoms with Crippen LogP contribution in [0.15, 0.2) is 34.9 Å². The van der Waals surface area contributed by atoms with Crippen molar-refractivity contribution in [1.82, 2.24) is 15.1 Å². The molecule has 2 aliphatic heterocycles. The van der Waals surface area contributed by atoms with E-state index >= 15 is 0 Å². The van der Waals surface area contributed by atoms with Crippen molar-refractivity contribution in [3.05, 3.63) is 36.1 Å². The topological polar surface area (TPSA) is 82.9 Å². The molecule has 0 radical (unpaired) electrons. The molecule has 0 unspecified atom stereocenters. The summed E-state index contributed by atoms with van der Waals surface area (Å²) in [5, 5.41) is 3.84. The lowest BCUT2D eigenvalue weighted by atomic mass is 10.0. The molecule has 0 saturated carbocycles. The number of piperazine rings is 1. The van der Waals surface area contributed by atoms with Crippen LogP contribution in [-0.4, -0.2) is 67.5 Å². The number of hydrogen-bond acceptors (Lipinski definition) is 5. The highest BCUT2D eigenvalue weighted by atomic mass is 32.2. The van der Waals surface area contributed by atoms with Crippen molar-refractivity contribution >= 4 is 26.8 Å². The van der Waals surface area contributed by atoms with E-state index in [0.717, 1.165) is 16.5 Å². The van der Waals surface area contributed by atoms with Crippen molar-refractivity contribution in [3.8, 4) is 0 Å². The molecule has 4 rings (SSSR count).